The predicted molar refractivity (Wildman–Crippen MR) is 62.3 cm³/mol. The molecule has 0 saturated heterocycles. The van der Waals surface area contributed by atoms with Crippen molar-refractivity contribution in [1.29, 1.82) is 0 Å². The van der Waals surface area contributed by atoms with Gasteiger partial charge < -0.3 is 9.84 Å². The number of non-ortho nitro benzene ring substituents is 1. The van der Waals surface area contributed by atoms with Crippen LogP contribution < -0.4 is 0 Å². The van der Waals surface area contributed by atoms with Crippen LogP contribution in [0.4, 0.5) is 5.69 Å². The maximum absolute atomic E-state index is 10.9. The van der Waals surface area contributed by atoms with E-state index in [9.17, 15) is 14.9 Å². The van der Waals surface area contributed by atoms with Crippen molar-refractivity contribution in [1.82, 2.24) is 0 Å². The van der Waals surface area contributed by atoms with Gasteiger partial charge in [0.1, 0.15) is 5.25 Å². The van der Waals surface area contributed by atoms with Gasteiger partial charge in [0.2, 0.25) is 0 Å². The van der Waals surface area contributed by atoms with Gasteiger partial charge in [0.05, 0.1) is 11.5 Å². The SMILES string of the molecule is COCC(Sc1ccc([N+](=O)[O-])cc1)C(=O)O. The van der Waals surface area contributed by atoms with E-state index >= 15 is 0 Å². The highest BCUT2D eigenvalue weighted by atomic mass is 32.2. The van der Waals surface area contributed by atoms with Gasteiger partial charge in [-0.25, -0.2) is 0 Å². The van der Waals surface area contributed by atoms with Gasteiger partial charge in [-0.2, -0.15) is 0 Å². The van der Waals surface area contributed by atoms with Crippen LogP contribution in [0.2, 0.25) is 0 Å². The highest BCUT2D eigenvalue weighted by Gasteiger charge is 2.19. The Hall–Kier alpha value is -1.60. The normalized spacial score (nSPS) is 12.1. The molecule has 0 radical (unpaired) electrons. The van der Waals surface area contributed by atoms with E-state index in [1.807, 2.05) is 0 Å². The maximum Gasteiger partial charge on any atom is 0.319 e. The van der Waals surface area contributed by atoms with E-state index in [4.69, 9.17) is 9.84 Å². The molecule has 0 aliphatic carbocycles. The van der Waals surface area contributed by atoms with E-state index in [2.05, 4.69) is 0 Å². The Bertz CT molecular complexity index is 406. The van der Waals surface area contributed by atoms with Gasteiger partial charge in [0.25, 0.3) is 5.69 Å². The molecule has 0 amide bonds. The molecule has 0 heterocycles. The van der Waals surface area contributed by atoms with Crippen LogP contribution in [0.15, 0.2) is 29.2 Å². The summed E-state index contributed by atoms with van der Waals surface area (Å²) in [5.41, 5.74) is -0.0204. The highest BCUT2D eigenvalue weighted by molar-refractivity contribution is 8.00. The van der Waals surface area contributed by atoms with Gasteiger partial charge in [-0.1, -0.05) is 0 Å². The van der Waals surface area contributed by atoms with Crippen molar-refractivity contribution in [3.8, 4) is 0 Å². The third-order valence-electron chi connectivity index (χ3n) is 1.92. The quantitative estimate of drug-likeness (QED) is 0.474. The van der Waals surface area contributed by atoms with Crippen LogP contribution in [0, 0.1) is 10.1 Å². The smallest absolute Gasteiger partial charge is 0.319 e. The number of ether oxygens (including phenoxy) is 1. The van der Waals surface area contributed by atoms with Crippen molar-refractivity contribution in [2.75, 3.05) is 13.7 Å². The van der Waals surface area contributed by atoms with Crippen LogP contribution in [0.1, 0.15) is 0 Å². The fourth-order valence-corrected chi connectivity index (χ4v) is 2.04. The van der Waals surface area contributed by atoms with Crippen molar-refractivity contribution in [2.45, 2.75) is 10.1 Å². The lowest BCUT2D eigenvalue weighted by atomic mass is 10.3. The number of thioether (sulfide) groups is 1. The lowest BCUT2D eigenvalue weighted by Crippen LogP contribution is -2.21. The molecule has 17 heavy (non-hydrogen) atoms. The Kier molecular flexibility index (Phi) is 4.92. The molecule has 0 aliphatic heterocycles. The zero-order chi connectivity index (χ0) is 12.8. The van der Waals surface area contributed by atoms with Gasteiger partial charge in [-0.05, 0) is 12.1 Å². The summed E-state index contributed by atoms with van der Waals surface area (Å²) >= 11 is 1.09. The van der Waals surface area contributed by atoms with Crippen LogP contribution >= 0.6 is 11.8 Å². The second-order valence-corrected chi connectivity index (χ2v) is 4.43. The van der Waals surface area contributed by atoms with Crippen LogP contribution in [0.5, 0.6) is 0 Å². The van der Waals surface area contributed by atoms with Crippen molar-refractivity contribution in [2.24, 2.45) is 0 Å². The van der Waals surface area contributed by atoms with Crippen molar-refractivity contribution in [3.05, 3.63) is 34.4 Å². The number of carboxylic acids is 1. The second-order valence-electron chi connectivity index (χ2n) is 3.15. The third kappa shape index (κ3) is 4.04. The minimum Gasteiger partial charge on any atom is -0.480 e. The summed E-state index contributed by atoms with van der Waals surface area (Å²) < 4.78 is 4.79. The molecule has 1 aromatic rings. The number of nitro groups is 1. The number of nitrogens with zero attached hydrogens (tertiary/aromatic N) is 1. The van der Waals surface area contributed by atoms with E-state index in [1.165, 1.54) is 31.4 Å². The Morgan fingerprint density at radius 3 is 2.53 bits per heavy atom. The van der Waals surface area contributed by atoms with E-state index in [0.717, 1.165) is 11.8 Å². The summed E-state index contributed by atoms with van der Waals surface area (Å²) in [4.78, 5) is 21.4. The summed E-state index contributed by atoms with van der Waals surface area (Å²) in [6.45, 7) is 0.0803. The highest BCUT2D eigenvalue weighted by Crippen LogP contribution is 2.25. The van der Waals surface area contributed by atoms with Crippen LogP contribution in [0.3, 0.4) is 0 Å². The fourth-order valence-electron chi connectivity index (χ4n) is 1.12. The minimum atomic E-state index is -0.977. The minimum absolute atomic E-state index is 0.0204. The molecule has 92 valence electrons. The molecule has 6 nitrogen and oxygen atoms in total. The van der Waals surface area contributed by atoms with E-state index in [-0.39, 0.29) is 12.3 Å². The largest absolute Gasteiger partial charge is 0.480 e. The molecule has 1 unspecified atom stereocenters. The predicted octanol–water partition coefficient (Wildman–Crippen LogP) is 1.79. The number of rotatable bonds is 6. The fraction of sp³-hybridized carbons (Fsp3) is 0.300. The molecule has 1 atom stereocenters. The molecule has 0 aliphatic rings. The summed E-state index contributed by atoms with van der Waals surface area (Å²) in [6.07, 6.45) is 0. The van der Waals surface area contributed by atoms with Crippen LogP contribution in [-0.2, 0) is 9.53 Å². The molecule has 1 N–H and O–H groups in total. The number of aliphatic carboxylic acids is 1. The van der Waals surface area contributed by atoms with Crippen molar-refractivity contribution < 1.29 is 19.6 Å². The molecular formula is C10H11NO5S. The number of carbonyl (C=O) groups is 1. The second kappa shape index (κ2) is 6.21. The van der Waals surface area contributed by atoms with E-state index in [0.29, 0.717) is 4.90 Å². The average Bonchev–Trinajstić information content (AvgIpc) is 2.29. The first-order chi connectivity index (χ1) is 8.04. The summed E-state index contributed by atoms with van der Waals surface area (Å²) in [7, 11) is 1.42. The molecule has 0 saturated carbocycles. The third-order valence-corrected chi connectivity index (χ3v) is 3.09. The van der Waals surface area contributed by atoms with Crippen LogP contribution in [0.25, 0.3) is 0 Å². The van der Waals surface area contributed by atoms with Gasteiger partial charge >= 0.3 is 5.97 Å². The standard InChI is InChI=1S/C10H11NO5S/c1-16-6-9(10(12)13)17-8-4-2-7(3-5-8)11(14)15/h2-5,9H,6H2,1H3,(H,12,13). The van der Waals surface area contributed by atoms with Gasteiger partial charge in [-0.3, -0.25) is 14.9 Å². The monoisotopic (exact) mass is 257 g/mol. The average molecular weight is 257 g/mol. The molecule has 0 aromatic heterocycles. The first-order valence-corrected chi connectivity index (χ1v) is 5.55. The number of methoxy groups -OCH3 is 1. The number of hydrogen-bond donors (Lipinski definition) is 1. The lowest BCUT2D eigenvalue weighted by Gasteiger charge is -2.10. The molecule has 0 bridgehead atoms. The maximum atomic E-state index is 10.9. The van der Waals surface area contributed by atoms with E-state index < -0.39 is 16.1 Å². The Balaban J connectivity index is 2.73. The number of carboxylic acid groups (broad SMARTS) is 1. The van der Waals surface area contributed by atoms with Crippen molar-refractivity contribution >= 4 is 23.4 Å². The topological polar surface area (TPSA) is 89.7 Å². The van der Waals surface area contributed by atoms with Crippen molar-refractivity contribution in [3.63, 3.8) is 0 Å². The lowest BCUT2D eigenvalue weighted by molar-refractivity contribution is -0.384. The Morgan fingerprint density at radius 1 is 1.53 bits per heavy atom. The van der Waals surface area contributed by atoms with Gasteiger partial charge in [0, 0.05) is 24.1 Å². The number of nitro benzene ring substituents is 1. The first-order valence-electron chi connectivity index (χ1n) is 4.67. The molecule has 1 rings (SSSR count). The molecule has 7 heteroatoms. The zero-order valence-corrected chi connectivity index (χ0v) is 9.85. The van der Waals surface area contributed by atoms with Gasteiger partial charge in [0.15, 0.2) is 0 Å². The van der Waals surface area contributed by atoms with Crippen LogP contribution in [-0.4, -0.2) is 35.0 Å². The molecular weight excluding hydrogens is 246 g/mol. The van der Waals surface area contributed by atoms with Gasteiger partial charge in [-0.15, -0.1) is 11.8 Å². The summed E-state index contributed by atoms with van der Waals surface area (Å²) in [5, 5.41) is 18.6. The Morgan fingerprint density at radius 2 is 2.12 bits per heavy atom. The number of benzene rings is 1. The zero-order valence-electron chi connectivity index (χ0n) is 9.03. The Labute approximate surface area is 102 Å². The van der Waals surface area contributed by atoms with E-state index in [1.54, 1.807) is 0 Å². The first kappa shape index (κ1) is 13.5. The molecule has 1 aromatic carbocycles. The molecule has 0 fully saturated rings. The summed E-state index contributed by atoms with van der Waals surface area (Å²) in [5.74, 6) is -0.977. The summed E-state index contributed by atoms with van der Waals surface area (Å²) in [6, 6.07) is 5.73. The number of hydrogen-bond acceptors (Lipinski definition) is 5. The molecule has 0 spiro atoms.